The number of benzene rings is 3. The van der Waals surface area contributed by atoms with Crippen LogP contribution in [0.15, 0.2) is 87.1 Å². The van der Waals surface area contributed by atoms with Crippen molar-refractivity contribution in [3.05, 3.63) is 95.2 Å². The van der Waals surface area contributed by atoms with Gasteiger partial charge in [-0.2, -0.15) is 0 Å². The van der Waals surface area contributed by atoms with Gasteiger partial charge in [-0.1, -0.05) is 59.4 Å². The highest BCUT2D eigenvalue weighted by Crippen LogP contribution is 2.32. The van der Waals surface area contributed by atoms with Crippen molar-refractivity contribution < 1.29 is 9.32 Å². The van der Waals surface area contributed by atoms with Gasteiger partial charge in [-0.25, -0.2) is 0 Å². The lowest BCUT2D eigenvalue weighted by atomic mass is 10.1. The molecule has 0 aliphatic carbocycles. The SMILES string of the molecule is Cc1ccc(C)c(Sc2ccc(NC(=O)c3c(-c4ccccc4)noc3C)cc2)c1. The molecule has 5 heteroatoms. The first-order chi connectivity index (χ1) is 14.5. The third kappa shape index (κ3) is 4.31. The third-order valence-corrected chi connectivity index (χ3v) is 5.99. The number of nitrogens with one attached hydrogen (secondary N) is 1. The van der Waals surface area contributed by atoms with E-state index in [0.717, 1.165) is 16.1 Å². The van der Waals surface area contributed by atoms with E-state index in [9.17, 15) is 4.79 Å². The second kappa shape index (κ2) is 8.59. The Morgan fingerprint density at radius 3 is 2.40 bits per heavy atom. The zero-order valence-electron chi connectivity index (χ0n) is 17.1. The molecule has 0 aliphatic heterocycles. The van der Waals surface area contributed by atoms with Crippen LogP contribution in [0.1, 0.15) is 27.2 Å². The van der Waals surface area contributed by atoms with Gasteiger partial charge in [0, 0.05) is 21.0 Å². The van der Waals surface area contributed by atoms with Gasteiger partial charge in [0.2, 0.25) is 0 Å². The Bertz CT molecular complexity index is 1180. The number of carbonyl (C=O) groups excluding carboxylic acids is 1. The van der Waals surface area contributed by atoms with E-state index in [0.29, 0.717) is 17.0 Å². The Morgan fingerprint density at radius 2 is 1.67 bits per heavy atom. The number of nitrogens with zero attached hydrogens (tertiary/aromatic N) is 1. The number of amides is 1. The minimum absolute atomic E-state index is 0.234. The van der Waals surface area contributed by atoms with Gasteiger partial charge in [-0.05, 0) is 62.2 Å². The fourth-order valence-electron chi connectivity index (χ4n) is 3.18. The van der Waals surface area contributed by atoms with Crippen LogP contribution < -0.4 is 5.32 Å². The van der Waals surface area contributed by atoms with Crippen LogP contribution in [0.2, 0.25) is 0 Å². The van der Waals surface area contributed by atoms with Gasteiger partial charge in [0.1, 0.15) is 17.0 Å². The molecule has 0 spiro atoms. The molecule has 0 atom stereocenters. The highest BCUT2D eigenvalue weighted by molar-refractivity contribution is 7.99. The highest BCUT2D eigenvalue weighted by atomic mass is 32.2. The summed E-state index contributed by atoms with van der Waals surface area (Å²) in [5.74, 6) is 0.260. The zero-order chi connectivity index (χ0) is 21.1. The first-order valence-electron chi connectivity index (χ1n) is 9.69. The van der Waals surface area contributed by atoms with Crippen molar-refractivity contribution in [2.75, 3.05) is 5.32 Å². The minimum atomic E-state index is -0.234. The molecule has 0 unspecified atom stereocenters. The Morgan fingerprint density at radius 1 is 0.933 bits per heavy atom. The lowest BCUT2D eigenvalue weighted by molar-refractivity contribution is 0.102. The quantitative estimate of drug-likeness (QED) is 0.396. The molecule has 0 bridgehead atoms. The topological polar surface area (TPSA) is 55.1 Å². The van der Waals surface area contributed by atoms with Crippen molar-refractivity contribution in [1.82, 2.24) is 5.16 Å². The average molecular weight is 415 g/mol. The molecule has 150 valence electrons. The first kappa shape index (κ1) is 20.0. The summed E-state index contributed by atoms with van der Waals surface area (Å²) >= 11 is 1.72. The normalized spacial score (nSPS) is 10.8. The smallest absolute Gasteiger partial charge is 0.261 e. The summed E-state index contributed by atoms with van der Waals surface area (Å²) in [6.07, 6.45) is 0. The van der Waals surface area contributed by atoms with Crippen LogP contribution in [-0.2, 0) is 0 Å². The Kier molecular flexibility index (Phi) is 5.72. The Hall–Kier alpha value is -3.31. The molecule has 4 rings (SSSR count). The van der Waals surface area contributed by atoms with Gasteiger partial charge >= 0.3 is 0 Å². The molecule has 0 saturated heterocycles. The molecule has 0 saturated carbocycles. The monoisotopic (exact) mass is 414 g/mol. The van der Waals surface area contributed by atoms with Gasteiger partial charge in [0.25, 0.3) is 5.91 Å². The summed E-state index contributed by atoms with van der Waals surface area (Å²) in [6, 6.07) is 23.9. The molecule has 30 heavy (non-hydrogen) atoms. The molecule has 3 aromatic carbocycles. The first-order valence-corrected chi connectivity index (χ1v) is 10.5. The van der Waals surface area contributed by atoms with Crippen molar-refractivity contribution >= 4 is 23.4 Å². The maximum atomic E-state index is 12.9. The van der Waals surface area contributed by atoms with E-state index in [1.807, 2.05) is 54.6 Å². The fourth-order valence-corrected chi connectivity index (χ4v) is 4.18. The van der Waals surface area contributed by atoms with Gasteiger partial charge in [-0.3, -0.25) is 4.79 Å². The number of hydrogen-bond acceptors (Lipinski definition) is 4. The van der Waals surface area contributed by atoms with E-state index in [4.69, 9.17) is 4.52 Å². The molecule has 4 aromatic rings. The van der Waals surface area contributed by atoms with Crippen molar-refractivity contribution in [2.45, 2.75) is 30.6 Å². The van der Waals surface area contributed by atoms with Gasteiger partial charge < -0.3 is 9.84 Å². The van der Waals surface area contributed by atoms with E-state index in [1.54, 1.807) is 18.7 Å². The number of hydrogen-bond donors (Lipinski definition) is 1. The van der Waals surface area contributed by atoms with Crippen LogP contribution in [0.4, 0.5) is 5.69 Å². The average Bonchev–Trinajstić information content (AvgIpc) is 3.14. The second-order valence-electron chi connectivity index (χ2n) is 7.18. The second-order valence-corrected chi connectivity index (χ2v) is 8.29. The highest BCUT2D eigenvalue weighted by Gasteiger charge is 2.21. The molecular weight excluding hydrogens is 392 g/mol. The predicted molar refractivity (Wildman–Crippen MR) is 121 cm³/mol. The van der Waals surface area contributed by atoms with E-state index in [1.165, 1.54) is 16.0 Å². The summed E-state index contributed by atoms with van der Waals surface area (Å²) in [5, 5.41) is 7.04. The van der Waals surface area contributed by atoms with Crippen molar-refractivity contribution in [3.63, 3.8) is 0 Å². The summed E-state index contributed by atoms with van der Waals surface area (Å²) < 4.78 is 5.30. The molecule has 0 aliphatic rings. The Balaban J connectivity index is 1.51. The van der Waals surface area contributed by atoms with E-state index < -0.39 is 0 Å². The molecule has 4 nitrogen and oxygen atoms in total. The molecule has 1 aromatic heterocycles. The number of carbonyl (C=O) groups is 1. The Labute approximate surface area is 180 Å². The number of aryl methyl sites for hydroxylation is 3. The van der Waals surface area contributed by atoms with Crippen LogP contribution >= 0.6 is 11.8 Å². The van der Waals surface area contributed by atoms with Crippen LogP contribution in [0, 0.1) is 20.8 Å². The fraction of sp³-hybridized carbons (Fsp3) is 0.120. The van der Waals surface area contributed by atoms with Gasteiger partial charge in [0.15, 0.2) is 0 Å². The number of aromatic nitrogens is 1. The van der Waals surface area contributed by atoms with E-state index in [-0.39, 0.29) is 5.91 Å². The molecule has 1 N–H and O–H groups in total. The largest absolute Gasteiger partial charge is 0.360 e. The predicted octanol–water partition coefficient (Wildman–Crippen LogP) is 6.67. The number of rotatable bonds is 5. The molecular formula is C25H22N2O2S. The van der Waals surface area contributed by atoms with Crippen LogP contribution in [0.5, 0.6) is 0 Å². The summed E-state index contributed by atoms with van der Waals surface area (Å²) in [6.45, 7) is 5.96. The lowest BCUT2D eigenvalue weighted by Crippen LogP contribution is -2.13. The molecule has 1 heterocycles. The van der Waals surface area contributed by atoms with Gasteiger partial charge in [0.05, 0.1) is 0 Å². The van der Waals surface area contributed by atoms with Crippen molar-refractivity contribution in [2.24, 2.45) is 0 Å². The maximum Gasteiger partial charge on any atom is 0.261 e. The van der Waals surface area contributed by atoms with Crippen molar-refractivity contribution in [3.8, 4) is 11.3 Å². The molecule has 0 radical (unpaired) electrons. The maximum absolute atomic E-state index is 12.9. The third-order valence-electron chi connectivity index (χ3n) is 4.82. The molecule has 1 amide bonds. The standard InChI is InChI=1S/C25H22N2O2S/c1-16-9-10-17(2)22(15-16)30-21-13-11-20(12-14-21)26-25(28)23-18(3)29-27-24(23)19-7-5-4-6-8-19/h4-15H,1-3H3,(H,26,28). The van der Waals surface area contributed by atoms with E-state index in [2.05, 4.69) is 42.5 Å². The van der Waals surface area contributed by atoms with Crippen LogP contribution in [-0.4, -0.2) is 11.1 Å². The molecule has 0 fully saturated rings. The van der Waals surface area contributed by atoms with Gasteiger partial charge in [-0.15, -0.1) is 0 Å². The summed E-state index contributed by atoms with van der Waals surface area (Å²) in [4.78, 5) is 15.3. The number of anilines is 1. The van der Waals surface area contributed by atoms with Crippen LogP contribution in [0.3, 0.4) is 0 Å². The van der Waals surface area contributed by atoms with E-state index >= 15 is 0 Å². The summed E-state index contributed by atoms with van der Waals surface area (Å²) in [5.41, 5.74) is 5.07. The van der Waals surface area contributed by atoms with Crippen molar-refractivity contribution in [1.29, 1.82) is 0 Å². The lowest BCUT2D eigenvalue weighted by Gasteiger charge is -2.09. The summed E-state index contributed by atoms with van der Waals surface area (Å²) in [7, 11) is 0. The minimum Gasteiger partial charge on any atom is -0.360 e. The van der Waals surface area contributed by atoms with Crippen LogP contribution in [0.25, 0.3) is 11.3 Å². The zero-order valence-corrected chi connectivity index (χ0v) is 17.9.